The summed E-state index contributed by atoms with van der Waals surface area (Å²) in [6.07, 6.45) is 0.807. The normalized spacial score (nSPS) is 18.4. The molecular weight excluding hydrogens is 457 g/mol. The van der Waals surface area contributed by atoms with Gasteiger partial charge in [-0.2, -0.15) is 0 Å². The Morgan fingerprint density at radius 2 is 2.09 bits per heavy atom. The van der Waals surface area contributed by atoms with E-state index in [1.807, 2.05) is 30.3 Å². The number of benzene rings is 3. The third-order valence-corrected chi connectivity index (χ3v) is 7.19. The van der Waals surface area contributed by atoms with Crippen molar-refractivity contribution in [3.63, 3.8) is 0 Å². The van der Waals surface area contributed by atoms with Crippen molar-refractivity contribution in [1.29, 1.82) is 0 Å². The summed E-state index contributed by atoms with van der Waals surface area (Å²) in [6.45, 7) is 0.332. The molecule has 0 radical (unpaired) electrons. The number of aliphatic carboxylic acids is 1. The number of halogens is 1. The molecule has 0 fully saturated rings. The molecule has 6 nitrogen and oxygen atoms in total. The van der Waals surface area contributed by atoms with Gasteiger partial charge >= 0.3 is 5.97 Å². The Balaban J connectivity index is 1.24. The summed E-state index contributed by atoms with van der Waals surface area (Å²) in [5, 5.41) is 9.61. The first-order valence-electron chi connectivity index (χ1n) is 11.0. The zero-order valence-corrected chi connectivity index (χ0v) is 18.8. The number of hydrogen-bond donors (Lipinski definition) is 1. The maximum atomic E-state index is 14.9. The first-order valence-corrected chi connectivity index (χ1v) is 11.9. The molecule has 0 bridgehead atoms. The summed E-state index contributed by atoms with van der Waals surface area (Å²) in [4.78, 5) is 15.6. The molecular formula is C26H20FNO5S. The maximum Gasteiger partial charge on any atom is 0.304 e. The number of fused-ring (bicyclic) bond motifs is 3. The van der Waals surface area contributed by atoms with Crippen molar-refractivity contribution in [1.82, 2.24) is 4.98 Å². The van der Waals surface area contributed by atoms with Crippen molar-refractivity contribution < 1.29 is 28.5 Å². The van der Waals surface area contributed by atoms with Gasteiger partial charge in [0.2, 0.25) is 0 Å². The zero-order chi connectivity index (χ0) is 23.2. The molecule has 0 spiro atoms. The van der Waals surface area contributed by atoms with Crippen molar-refractivity contribution in [2.75, 3.05) is 6.61 Å². The molecule has 6 rings (SSSR count). The number of nitrogens with zero attached hydrogens (tertiary/aromatic N) is 1. The quantitative estimate of drug-likeness (QED) is 0.354. The van der Waals surface area contributed by atoms with Crippen LogP contribution in [0.25, 0.3) is 10.2 Å². The van der Waals surface area contributed by atoms with Crippen LogP contribution in [0, 0.1) is 5.82 Å². The number of carbonyl (C=O) groups is 1. The molecule has 1 aliphatic heterocycles. The molecule has 34 heavy (non-hydrogen) atoms. The number of ether oxygens (including phenoxy) is 3. The second kappa shape index (κ2) is 8.29. The summed E-state index contributed by atoms with van der Waals surface area (Å²) >= 11 is 1.45. The molecule has 0 saturated carbocycles. The van der Waals surface area contributed by atoms with Crippen molar-refractivity contribution in [2.24, 2.45) is 0 Å². The molecule has 4 aromatic rings. The lowest BCUT2D eigenvalue weighted by Gasteiger charge is -2.17. The SMILES string of the molecule is O=C(O)C[C@@H]1COc2cc(O[C@@H]3CCc4c(Oc5nc6ccccc6s5)ccc(F)c43)ccc21. The number of aromatic nitrogens is 1. The molecule has 3 aromatic carbocycles. The first kappa shape index (κ1) is 20.9. The predicted molar refractivity (Wildman–Crippen MR) is 125 cm³/mol. The van der Waals surface area contributed by atoms with Gasteiger partial charge in [-0.25, -0.2) is 9.37 Å². The molecule has 0 amide bonds. The summed E-state index contributed by atoms with van der Waals surface area (Å²) < 4.78 is 33.9. The number of hydrogen-bond acceptors (Lipinski definition) is 6. The number of carboxylic acid groups (broad SMARTS) is 1. The Kier molecular flexibility index (Phi) is 5.10. The minimum atomic E-state index is -0.858. The molecule has 1 aliphatic carbocycles. The first-order chi connectivity index (χ1) is 16.5. The number of rotatable bonds is 6. The highest BCUT2D eigenvalue weighted by Gasteiger charge is 2.32. The van der Waals surface area contributed by atoms with Crippen molar-refractivity contribution in [3.8, 4) is 22.4 Å². The summed E-state index contributed by atoms with van der Waals surface area (Å²) in [7, 11) is 0. The van der Waals surface area contributed by atoms with Gasteiger partial charge in [-0.3, -0.25) is 4.79 Å². The highest BCUT2D eigenvalue weighted by molar-refractivity contribution is 7.20. The molecule has 0 unspecified atom stereocenters. The fourth-order valence-electron chi connectivity index (χ4n) is 4.72. The van der Waals surface area contributed by atoms with Gasteiger partial charge in [-0.15, -0.1) is 0 Å². The van der Waals surface area contributed by atoms with E-state index in [1.165, 1.54) is 17.4 Å². The van der Waals surface area contributed by atoms with Gasteiger partial charge in [-0.1, -0.05) is 29.5 Å². The average Bonchev–Trinajstić information content (AvgIpc) is 3.53. The van der Waals surface area contributed by atoms with E-state index in [1.54, 1.807) is 18.2 Å². The van der Waals surface area contributed by atoms with Crippen LogP contribution < -0.4 is 14.2 Å². The number of thiazole rings is 1. The van der Waals surface area contributed by atoms with Crippen LogP contribution >= 0.6 is 11.3 Å². The van der Waals surface area contributed by atoms with Crippen molar-refractivity contribution >= 4 is 27.5 Å². The van der Waals surface area contributed by atoms with E-state index in [-0.39, 0.29) is 18.2 Å². The van der Waals surface area contributed by atoms with Gasteiger partial charge in [0.25, 0.3) is 5.19 Å². The van der Waals surface area contributed by atoms with E-state index >= 15 is 0 Å². The largest absolute Gasteiger partial charge is 0.492 e. The Morgan fingerprint density at radius 1 is 1.21 bits per heavy atom. The van der Waals surface area contributed by atoms with Crippen LogP contribution in [-0.4, -0.2) is 22.7 Å². The smallest absolute Gasteiger partial charge is 0.304 e. The van der Waals surface area contributed by atoms with Gasteiger partial charge < -0.3 is 19.3 Å². The van der Waals surface area contributed by atoms with Crippen LogP contribution in [0.15, 0.2) is 54.6 Å². The standard InChI is InChI=1S/C26H20FNO5S/c27-18-8-10-20(33-26-28-19-3-1-2-4-23(19)34-26)17-7-9-21(25(17)18)32-15-5-6-16-14(11-24(29)30)13-31-22(16)12-15/h1-6,8,10,12,14,21H,7,9,11,13H2,(H,29,30)/t14-,21-/m1/s1. The zero-order valence-electron chi connectivity index (χ0n) is 18.0. The van der Waals surface area contributed by atoms with Crippen LogP contribution in [0.5, 0.6) is 22.4 Å². The molecule has 2 aliphatic rings. The topological polar surface area (TPSA) is 77.9 Å². The van der Waals surface area contributed by atoms with Crippen LogP contribution in [-0.2, 0) is 11.2 Å². The third-order valence-electron chi connectivity index (χ3n) is 6.28. The fraction of sp³-hybridized carbons (Fsp3) is 0.231. The number of para-hydroxylation sites is 1. The molecule has 2 atom stereocenters. The second-order valence-electron chi connectivity index (χ2n) is 8.44. The van der Waals surface area contributed by atoms with E-state index in [9.17, 15) is 9.18 Å². The molecule has 2 heterocycles. The van der Waals surface area contributed by atoms with Crippen LogP contribution in [0.2, 0.25) is 0 Å². The molecule has 1 aromatic heterocycles. The molecule has 172 valence electrons. The van der Waals surface area contributed by atoms with Crippen LogP contribution in [0.4, 0.5) is 4.39 Å². The van der Waals surface area contributed by atoms with E-state index in [0.29, 0.717) is 47.5 Å². The monoisotopic (exact) mass is 477 g/mol. The molecule has 0 saturated heterocycles. The van der Waals surface area contributed by atoms with Gasteiger partial charge in [0.1, 0.15) is 29.2 Å². The van der Waals surface area contributed by atoms with Crippen LogP contribution in [0.1, 0.15) is 41.6 Å². The highest BCUT2D eigenvalue weighted by atomic mass is 32.1. The van der Waals surface area contributed by atoms with Crippen LogP contribution in [0.3, 0.4) is 0 Å². The van der Waals surface area contributed by atoms with E-state index in [0.717, 1.165) is 21.3 Å². The summed E-state index contributed by atoms with van der Waals surface area (Å²) in [5.41, 5.74) is 3.03. The van der Waals surface area contributed by atoms with Crippen molar-refractivity contribution in [2.45, 2.75) is 31.3 Å². The Morgan fingerprint density at radius 3 is 2.94 bits per heavy atom. The minimum Gasteiger partial charge on any atom is -0.492 e. The van der Waals surface area contributed by atoms with E-state index < -0.39 is 12.1 Å². The van der Waals surface area contributed by atoms with Gasteiger partial charge in [0.15, 0.2) is 0 Å². The van der Waals surface area contributed by atoms with E-state index in [2.05, 4.69) is 4.98 Å². The Bertz CT molecular complexity index is 1380. The number of carboxylic acids is 1. The molecule has 8 heteroatoms. The summed E-state index contributed by atoms with van der Waals surface area (Å²) in [6, 6.07) is 16.3. The van der Waals surface area contributed by atoms with Crippen molar-refractivity contribution in [3.05, 3.63) is 77.1 Å². The lowest BCUT2D eigenvalue weighted by atomic mass is 9.98. The summed E-state index contributed by atoms with van der Waals surface area (Å²) in [5.74, 6) is 0.417. The second-order valence-corrected chi connectivity index (χ2v) is 9.43. The molecule has 1 N–H and O–H groups in total. The Hall–Kier alpha value is -3.65. The Labute approximate surface area is 198 Å². The average molecular weight is 478 g/mol. The van der Waals surface area contributed by atoms with Gasteiger partial charge in [0, 0.05) is 28.7 Å². The highest BCUT2D eigenvalue weighted by Crippen LogP contribution is 2.45. The predicted octanol–water partition coefficient (Wildman–Crippen LogP) is 6.24. The minimum absolute atomic E-state index is 0.0197. The van der Waals surface area contributed by atoms with Gasteiger partial charge in [-0.05, 0) is 43.2 Å². The van der Waals surface area contributed by atoms with E-state index in [4.69, 9.17) is 19.3 Å². The lowest BCUT2D eigenvalue weighted by molar-refractivity contribution is -0.137. The maximum absolute atomic E-state index is 14.9. The third kappa shape index (κ3) is 3.74. The lowest BCUT2D eigenvalue weighted by Crippen LogP contribution is -2.07. The van der Waals surface area contributed by atoms with Gasteiger partial charge in [0.05, 0.1) is 23.2 Å². The fourth-order valence-corrected chi connectivity index (χ4v) is 5.55.